The second-order valence-electron chi connectivity index (χ2n) is 4.22. The van der Waals surface area contributed by atoms with Crippen molar-refractivity contribution in [3.63, 3.8) is 0 Å². The lowest BCUT2D eigenvalue weighted by Gasteiger charge is -2.12. The summed E-state index contributed by atoms with van der Waals surface area (Å²) in [6, 6.07) is 4.21. The van der Waals surface area contributed by atoms with Crippen molar-refractivity contribution in [3.8, 4) is 11.5 Å². The van der Waals surface area contributed by atoms with Crippen LogP contribution in [-0.2, 0) is 4.79 Å². The minimum atomic E-state index is -0.495. The molecule has 1 saturated heterocycles. The molecule has 2 rings (SSSR count). The van der Waals surface area contributed by atoms with Gasteiger partial charge < -0.3 is 25.6 Å². The number of rotatable bonds is 3. The quantitative estimate of drug-likeness (QED) is 0.571. The van der Waals surface area contributed by atoms with Gasteiger partial charge >= 0.3 is 0 Å². The average Bonchev–Trinajstić information content (AvgIpc) is 2.78. The summed E-state index contributed by atoms with van der Waals surface area (Å²) in [6.45, 7) is 0.409. The predicted octanol–water partition coefficient (Wildman–Crippen LogP) is 0.0621. The van der Waals surface area contributed by atoms with E-state index < -0.39 is 12.1 Å². The van der Waals surface area contributed by atoms with Crippen LogP contribution in [0.3, 0.4) is 0 Å². The first-order chi connectivity index (χ1) is 8.60. The number of carbonyl (C=O) groups is 1. The zero-order valence-corrected chi connectivity index (χ0v) is 10.0. The Balaban J connectivity index is 2.03. The molecule has 6 nitrogen and oxygen atoms in total. The smallest absolute Gasteiger partial charge is 0.241 e. The van der Waals surface area contributed by atoms with E-state index in [9.17, 15) is 15.0 Å². The Kier molecular flexibility index (Phi) is 3.69. The summed E-state index contributed by atoms with van der Waals surface area (Å²) in [5.74, 6) is 0.188. The first-order valence-electron chi connectivity index (χ1n) is 5.69. The third-order valence-corrected chi connectivity index (χ3v) is 2.89. The molecule has 0 spiro atoms. The highest BCUT2D eigenvalue weighted by Crippen LogP contribution is 2.28. The van der Waals surface area contributed by atoms with Crippen molar-refractivity contribution in [2.75, 3.05) is 19.0 Å². The highest BCUT2D eigenvalue weighted by atomic mass is 16.5. The number of benzene rings is 1. The van der Waals surface area contributed by atoms with Crippen LogP contribution in [0.25, 0.3) is 0 Å². The number of hydrogen-bond donors (Lipinski definition) is 4. The second-order valence-corrected chi connectivity index (χ2v) is 4.22. The zero-order chi connectivity index (χ0) is 13.1. The number of aliphatic hydroxyl groups excluding tert-OH is 1. The Labute approximate surface area is 105 Å². The van der Waals surface area contributed by atoms with Crippen LogP contribution in [-0.4, -0.2) is 41.9 Å². The van der Waals surface area contributed by atoms with Gasteiger partial charge in [0.1, 0.15) is 11.5 Å². The molecular weight excluding hydrogens is 236 g/mol. The van der Waals surface area contributed by atoms with E-state index in [1.54, 1.807) is 12.1 Å². The molecule has 1 aromatic carbocycles. The number of methoxy groups -OCH3 is 1. The Hall–Kier alpha value is -1.79. The number of phenols is 1. The molecule has 0 saturated carbocycles. The molecule has 0 bridgehead atoms. The van der Waals surface area contributed by atoms with Crippen molar-refractivity contribution in [1.29, 1.82) is 0 Å². The summed E-state index contributed by atoms with van der Waals surface area (Å²) in [5, 5.41) is 24.5. The lowest BCUT2D eigenvalue weighted by Crippen LogP contribution is -2.35. The van der Waals surface area contributed by atoms with Crippen molar-refractivity contribution in [1.82, 2.24) is 5.32 Å². The molecule has 0 aliphatic carbocycles. The number of aromatic hydroxyl groups is 1. The van der Waals surface area contributed by atoms with E-state index in [4.69, 9.17) is 4.74 Å². The molecule has 0 radical (unpaired) electrons. The molecule has 1 aliphatic rings. The molecule has 18 heavy (non-hydrogen) atoms. The first kappa shape index (κ1) is 12.7. The van der Waals surface area contributed by atoms with Crippen LogP contribution in [0, 0.1) is 0 Å². The number of amides is 1. The average molecular weight is 252 g/mol. The van der Waals surface area contributed by atoms with Gasteiger partial charge in [-0.05, 0) is 18.6 Å². The van der Waals surface area contributed by atoms with Crippen molar-refractivity contribution in [2.24, 2.45) is 0 Å². The molecule has 1 fully saturated rings. The Bertz CT molecular complexity index is 450. The number of β-amino-alcohol motifs (C(OH)–C–C–N with tert-alkyl or cyclic N) is 1. The van der Waals surface area contributed by atoms with Gasteiger partial charge in [-0.1, -0.05) is 0 Å². The molecule has 1 aromatic rings. The monoisotopic (exact) mass is 252 g/mol. The molecule has 1 amide bonds. The van der Waals surface area contributed by atoms with Crippen molar-refractivity contribution < 1.29 is 19.7 Å². The highest BCUT2D eigenvalue weighted by Gasteiger charge is 2.28. The topological polar surface area (TPSA) is 90.8 Å². The van der Waals surface area contributed by atoms with Crippen molar-refractivity contribution >= 4 is 11.6 Å². The highest BCUT2D eigenvalue weighted by molar-refractivity contribution is 5.96. The van der Waals surface area contributed by atoms with Crippen LogP contribution in [0.15, 0.2) is 18.2 Å². The molecule has 0 aromatic heterocycles. The number of nitrogens with one attached hydrogen (secondary N) is 2. The van der Waals surface area contributed by atoms with Gasteiger partial charge in [-0.15, -0.1) is 0 Å². The molecule has 98 valence electrons. The number of aliphatic hydroxyl groups is 1. The number of ether oxygens (including phenoxy) is 1. The molecule has 6 heteroatoms. The minimum Gasteiger partial charge on any atom is -0.506 e. The van der Waals surface area contributed by atoms with Gasteiger partial charge in [0.05, 0.1) is 24.9 Å². The largest absolute Gasteiger partial charge is 0.506 e. The fraction of sp³-hybridized carbons (Fsp3) is 0.417. The van der Waals surface area contributed by atoms with Gasteiger partial charge in [0.2, 0.25) is 5.91 Å². The molecule has 4 N–H and O–H groups in total. The Morgan fingerprint density at radius 1 is 1.56 bits per heavy atom. The van der Waals surface area contributed by atoms with Gasteiger partial charge in [0.15, 0.2) is 0 Å². The van der Waals surface area contributed by atoms with Crippen LogP contribution >= 0.6 is 0 Å². The maximum Gasteiger partial charge on any atom is 0.241 e. The summed E-state index contributed by atoms with van der Waals surface area (Å²) >= 11 is 0. The summed E-state index contributed by atoms with van der Waals surface area (Å²) in [6.07, 6.45) is -0.117. The lowest BCUT2D eigenvalue weighted by atomic mass is 10.2. The fourth-order valence-electron chi connectivity index (χ4n) is 1.88. The number of anilines is 1. The molecule has 2 unspecified atom stereocenters. The van der Waals surface area contributed by atoms with Crippen LogP contribution < -0.4 is 15.4 Å². The van der Waals surface area contributed by atoms with Crippen molar-refractivity contribution in [3.05, 3.63) is 18.2 Å². The van der Waals surface area contributed by atoms with E-state index >= 15 is 0 Å². The van der Waals surface area contributed by atoms with Gasteiger partial charge in [0, 0.05) is 12.6 Å². The van der Waals surface area contributed by atoms with Crippen LogP contribution in [0.4, 0.5) is 5.69 Å². The van der Waals surface area contributed by atoms with Gasteiger partial charge in [-0.25, -0.2) is 0 Å². The van der Waals surface area contributed by atoms with Gasteiger partial charge in [-0.2, -0.15) is 0 Å². The van der Waals surface area contributed by atoms with Crippen molar-refractivity contribution in [2.45, 2.75) is 18.6 Å². The van der Waals surface area contributed by atoms with Crippen LogP contribution in [0.5, 0.6) is 11.5 Å². The van der Waals surface area contributed by atoms with E-state index in [-0.39, 0.29) is 11.7 Å². The molecular formula is C12H16N2O4. The number of phenolic OH excluding ortho intramolecular Hbond substituents is 1. The Morgan fingerprint density at radius 2 is 2.33 bits per heavy atom. The fourth-order valence-corrected chi connectivity index (χ4v) is 1.88. The van der Waals surface area contributed by atoms with E-state index in [1.807, 2.05) is 0 Å². The SMILES string of the molecule is COc1ccc(NC(=O)C2CC(O)CN2)c(O)c1. The maximum atomic E-state index is 11.8. The number of hydrogen-bond acceptors (Lipinski definition) is 5. The molecule has 1 aliphatic heterocycles. The summed E-state index contributed by atoms with van der Waals surface area (Å²) in [7, 11) is 1.50. The van der Waals surface area contributed by atoms with Gasteiger partial charge in [0.25, 0.3) is 0 Å². The minimum absolute atomic E-state index is 0.0544. The summed E-state index contributed by atoms with van der Waals surface area (Å²) < 4.78 is 4.95. The van der Waals surface area contributed by atoms with Crippen LogP contribution in [0.2, 0.25) is 0 Å². The third kappa shape index (κ3) is 2.72. The van der Waals surface area contributed by atoms with E-state index in [2.05, 4.69) is 10.6 Å². The molecule has 1 heterocycles. The molecule has 2 atom stereocenters. The van der Waals surface area contributed by atoms with Crippen LogP contribution in [0.1, 0.15) is 6.42 Å². The lowest BCUT2D eigenvalue weighted by molar-refractivity contribution is -0.117. The summed E-state index contributed by atoms with van der Waals surface area (Å²) in [4.78, 5) is 11.8. The van der Waals surface area contributed by atoms with E-state index in [0.717, 1.165) is 0 Å². The second kappa shape index (κ2) is 5.24. The summed E-state index contributed by atoms with van der Waals surface area (Å²) in [5.41, 5.74) is 0.323. The predicted molar refractivity (Wildman–Crippen MR) is 65.7 cm³/mol. The van der Waals surface area contributed by atoms with E-state index in [1.165, 1.54) is 13.2 Å². The first-order valence-corrected chi connectivity index (χ1v) is 5.69. The zero-order valence-electron chi connectivity index (χ0n) is 10.0. The standard InChI is InChI=1S/C12H16N2O4/c1-18-8-2-3-9(11(16)5-8)14-12(17)10-4-7(15)6-13-10/h2-3,5,7,10,13,15-16H,4,6H2,1H3,(H,14,17). The Morgan fingerprint density at radius 3 is 2.89 bits per heavy atom. The maximum absolute atomic E-state index is 11.8. The normalized spacial score (nSPS) is 22.8. The third-order valence-electron chi connectivity index (χ3n) is 2.89. The van der Waals surface area contributed by atoms with Gasteiger partial charge in [-0.3, -0.25) is 4.79 Å². The number of carbonyl (C=O) groups excluding carboxylic acids is 1. The van der Waals surface area contributed by atoms with E-state index in [0.29, 0.717) is 24.4 Å².